The van der Waals surface area contributed by atoms with Crippen molar-refractivity contribution >= 4 is 30.9 Å². The molecule has 0 saturated carbocycles. The first kappa shape index (κ1) is 19.3. The van der Waals surface area contributed by atoms with Gasteiger partial charge in [-0.1, -0.05) is 4.98 Å². The maximum Gasteiger partial charge on any atom is 0.469 e. The van der Waals surface area contributed by atoms with E-state index in [0.717, 1.165) is 0 Å². The average Bonchev–Trinajstić information content (AvgIpc) is 3.04. The van der Waals surface area contributed by atoms with Crippen LogP contribution in [0.15, 0.2) is 4.79 Å². The number of rotatable bonds is 5. The first-order valence-corrected chi connectivity index (χ1v) is 8.66. The molecule has 0 spiro atoms. The van der Waals surface area contributed by atoms with E-state index in [1.165, 1.54) is 0 Å². The van der Waals surface area contributed by atoms with E-state index in [0.29, 0.717) is 4.57 Å². The fraction of sp³-hybridized carbons (Fsp3) is 0.500. The SMILES string of the molecule is Nc1nc2c(nc([N+](=O)[O-])n2[C@@H]2O[C@H](COP(=O)(O)O)[C@@H](O)[C@H]2O)c(=O)[nH]1. The summed E-state index contributed by atoms with van der Waals surface area (Å²) in [6.45, 7) is -0.824. The lowest BCUT2D eigenvalue weighted by atomic mass is 10.1. The van der Waals surface area contributed by atoms with Crippen LogP contribution in [0.4, 0.5) is 11.9 Å². The van der Waals surface area contributed by atoms with Gasteiger partial charge >= 0.3 is 13.8 Å². The lowest BCUT2D eigenvalue weighted by Crippen LogP contribution is -2.33. The van der Waals surface area contributed by atoms with Crippen molar-refractivity contribution in [2.45, 2.75) is 24.5 Å². The highest BCUT2D eigenvalue weighted by Crippen LogP contribution is 2.39. The average molecular weight is 408 g/mol. The van der Waals surface area contributed by atoms with Gasteiger partial charge in [0.25, 0.3) is 11.1 Å². The van der Waals surface area contributed by atoms with Crippen molar-refractivity contribution in [1.29, 1.82) is 0 Å². The predicted molar refractivity (Wildman–Crippen MR) is 83.1 cm³/mol. The third-order valence-electron chi connectivity index (χ3n) is 3.71. The number of nitro groups is 1. The zero-order valence-corrected chi connectivity index (χ0v) is 14.0. The molecule has 1 fully saturated rings. The third-order valence-corrected chi connectivity index (χ3v) is 4.20. The van der Waals surface area contributed by atoms with Gasteiger partial charge in [-0.25, -0.2) is 4.57 Å². The molecular weight excluding hydrogens is 395 g/mol. The minimum Gasteiger partial charge on any atom is -0.390 e. The largest absolute Gasteiger partial charge is 0.469 e. The first-order chi connectivity index (χ1) is 12.5. The number of aromatic nitrogens is 4. The molecule has 27 heavy (non-hydrogen) atoms. The van der Waals surface area contributed by atoms with Gasteiger partial charge in [0.2, 0.25) is 17.8 Å². The summed E-state index contributed by atoms with van der Waals surface area (Å²) in [6, 6.07) is 0. The Morgan fingerprint density at radius 1 is 1.37 bits per heavy atom. The smallest absolute Gasteiger partial charge is 0.390 e. The molecule has 0 aliphatic carbocycles. The Morgan fingerprint density at radius 3 is 2.63 bits per heavy atom. The molecule has 16 nitrogen and oxygen atoms in total. The molecule has 4 atom stereocenters. The van der Waals surface area contributed by atoms with E-state index < -0.39 is 72.5 Å². The second-order valence-electron chi connectivity index (χ2n) is 5.49. The van der Waals surface area contributed by atoms with Crippen molar-refractivity contribution in [2.24, 2.45) is 0 Å². The molecule has 1 aliphatic heterocycles. The van der Waals surface area contributed by atoms with E-state index >= 15 is 0 Å². The Bertz CT molecular complexity index is 998. The van der Waals surface area contributed by atoms with Crippen molar-refractivity contribution < 1.29 is 38.7 Å². The standard InChI is InChI=1S/C10H13N6O10P/c11-9-13-6-3(7(19)14-9)12-10(16(20)21)15(6)8-5(18)4(17)2(26-8)1-25-27(22,23)24/h2,4-5,8,17-18H,1H2,(H2,22,23,24)(H3,11,13,14,19)/t2-,4-,5-,8-/m1/s1. The van der Waals surface area contributed by atoms with E-state index in [-0.39, 0.29) is 0 Å². The fourth-order valence-corrected chi connectivity index (χ4v) is 2.94. The normalized spacial score (nSPS) is 25.9. The lowest BCUT2D eigenvalue weighted by molar-refractivity contribution is -0.398. The second-order valence-corrected chi connectivity index (χ2v) is 6.73. The molecule has 2 aromatic rings. The number of imidazole rings is 1. The Morgan fingerprint density at radius 2 is 2.04 bits per heavy atom. The molecule has 0 amide bonds. The number of nitrogens with two attached hydrogens (primary N) is 1. The van der Waals surface area contributed by atoms with Crippen LogP contribution >= 0.6 is 7.82 Å². The second kappa shape index (κ2) is 6.61. The van der Waals surface area contributed by atoms with Crippen LogP contribution in [0, 0.1) is 10.1 Å². The molecule has 3 heterocycles. The first-order valence-electron chi connectivity index (χ1n) is 7.13. The highest BCUT2D eigenvalue weighted by Gasteiger charge is 2.49. The summed E-state index contributed by atoms with van der Waals surface area (Å²) >= 11 is 0. The molecule has 0 radical (unpaired) electrons. The van der Waals surface area contributed by atoms with E-state index in [4.69, 9.17) is 20.3 Å². The summed E-state index contributed by atoms with van der Waals surface area (Å²) < 4.78 is 20.9. The topological polar surface area (TPSA) is 249 Å². The Labute approximate surface area is 147 Å². The van der Waals surface area contributed by atoms with Gasteiger partial charge < -0.3 is 40.6 Å². The number of nitrogens with one attached hydrogen (secondary N) is 1. The van der Waals surface area contributed by atoms with Crippen LogP contribution in [0.3, 0.4) is 0 Å². The summed E-state index contributed by atoms with van der Waals surface area (Å²) in [4.78, 5) is 49.0. The van der Waals surface area contributed by atoms with Gasteiger partial charge in [-0.3, -0.25) is 14.3 Å². The number of aliphatic hydroxyl groups is 2. The molecular formula is C10H13N6O10P. The molecule has 17 heteroatoms. The molecule has 0 unspecified atom stereocenters. The molecule has 1 saturated heterocycles. The van der Waals surface area contributed by atoms with Crippen LogP contribution in [0.1, 0.15) is 6.23 Å². The van der Waals surface area contributed by atoms with Crippen molar-refractivity contribution in [3.05, 3.63) is 20.5 Å². The summed E-state index contributed by atoms with van der Waals surface area (Å²) in [7, 11) is -4.90. The molecule has 2 aromatic heterocycles. The molecule has 1 aliphatic rings. The fourth-order valence-electron chi connectivity index (χ4n) is 2.60. The lowest BCUT2D eigenvalue weighted by Gasteiger charge is -2.14. The third kappa shape index (κ3) is 3.54. The Kier molecular flexibility index (Phi) is 4.73. The van der Waals surface area contributed by atoms with Crippen LogP contribution in [-0.2, 0) is 13.8 Å². The highest BCUT2D eigenvalue weighted by molar-refractivity contribution is 7.46. The number of fused-ring (bicyclic) bond motifs is 1. The zero-order valence-electron chi connectivity index (χ0n) is 13.1. The summed E-state index contributed by atoms with van der Waals surface area (Å²) in [5.41, 5.74) is 3.69. The highest BCUT2D eigenvalue weighted by atomic mass is 31.2. The number of hydrogen-bond donors (Lipinski definition) is 6. The van der Waals surface area contributed by atoms with E-state index in [1.54, 1.807) is 0 Å². The molecule has 148 valence electrons. The number of phosphoric ester groups is 1. The minimum absolute atomic E-state index is 0.391. The molecule has 0 bridgehead atoms. The van der Waals surface area contributed by atoms with Gasteiger partial charge in [-0.05, 0) is 4.92 Å². The van der Waals surface area contributed by atoms with Gasteiger partial charge in [0.15, 0.2) is 0 Å². The molecule has 0 aromatic carbocycles. The number of anilines is 1. The molecule has 7 N–H and O–H groups in total. The van der Waals surface area contributed by atoms with Crippen molar-refractivity contribution in [1.82, 2.24) is 19.5 Å². The van der Waals surface area contributed by atoms with Gasteiger partial charge in [0.1, 0.15) is 18.3 Å². The van der Waals surface area contributed by atoms with Crippen LogP contribution in [0.25, 0.3) is 11.2 Å². The van der Waals surface area contributed by atoms with Crippen molar-refractivity contribution in [3.63, 3.8) is 0 Å². The van der Waals surface area contributed by atoms with E-state index in [9.17, 15) is 29.7 Å². The van der Waals surface area contributed by atoms with Crippen molar-refractivity contribution in [3.8, 4) is 0 Å². The van der Waals surface area contributed by atoms with Crippen LogP contribution < -0.4 is 11.3 Å². The number of hydrogen-bond acceptors (Lipinski definition) is 11. The maximum atomic E-state index is 11.9. The number of nitrogens with zero attached hydrogens (tertiary/aromatic N) is 4. The number of nitrogen functional groups attached to an aromatic ring is 1. The quantitative estimate of drug-likeness (QED) is 0.168. The summed E-state index contributed by atoms with van der Waals surface area (Å²) in [5.74, 6) is -1.32. The van der Waals surface area contributed by atoms with Crippen LogP contribution in [-0.4, -0.2) is 69.4 Å². The van der Waals surface area contributed by atoms with Crippen LogP contribution in [0.2, 0.25) is 0 Å². The molecule has 3 rings (SSSR count). The predicted octanol–water partition coefficient (Wildman–Crippen LogP) is -2.66. The number of phosphoric acid groups is 1. The van der Waals surface area contributed by atoms with Crippen LogP contribution in [0.5, 0.6) is 0 Å². The van der Waals surface area contributed by atoms with E-state index in [2.05, 4.69) is 19.5 Å². The van der Waals surface area contributed by atoms with Crippen molar-refractivity contribution in [2.75, 3.05) is 12.3 Å². The van der Waals surface area contributed by atoms with Gasteiger partial charge in [0.05, 0.1) is 6.61 Å². The monoisotopic (exact) mass is 408 g/mol. The number of aliphatic hydroxyl groups excluding tert-OH is 2. The number of aromatic amines is 1. The van der Waals surface area contributed by atoms with Gasteiger partial charge in [-0.15, -0.1) is 0 Å². The Hall–Kier alpha value is -2.46. The van der Waals surface area contributed by atoms with E-state index in [1.807, 2.05) is 0 Å². The van der Waals surface area contributed by atoms with Gasteiger partial charge in [0, 0.05) is 0 Å². The number of H-pyrrole nitrogens is 1. The summed E-state index contributed by atoms with van der Waals surface area (Å²) in [5, 5.41) is 31.5. The maximum absolute atomic E-state index is 11.9. The minimum atomic E-state index is -4.90. The summed E-state index contributed by atoms with van der Waals surface area (Å²) in [6.07, 6.45) is -6.63. The number of ether oxygens (including phenoxy) is 1. The van der Waals surface area contributed by atoms with Gasteiger partial charge in [-0.2, -0.15) is 9.55 Å². The zero-order chi connectivity index (χ0) is 20.1. The Balaban J connectivity index is 2.06.